The highest BCUT2D eigenvalue weighted by Crippen LogP contribution is 2.37. The summed E-state index contributed by atoms with van der Waals surface area (Å²) < 4.78 is 2.80. The van der Waals surface area contributed by atoms with Gasteiger partial charge in [-0.1, -0.05) is 0 Å². The molecule has 1 nitrogen and oxygen atoms in total. The van der Waals surface area contributed by atoms with Crippen LogP contribution < -0.4 is 5.32 Å². The maximum absolute atomic E-state index is 3.42. The highest BCUT2D eigenvalue weighted by molar-refractivity contribution is 7.27. The van der Waals surface area contributed by atoms with Crippen molar-refractivity contribution in [1.82, 2.24) is 5.32 Å². The molecule has 3 aromatic heterocycles. The number of fused-ring (bicyclic) bond motifs is 1. The molecule has 88 valence electrons. The summed E-state index contributed by atoms with van der Waals surface area (Å²) in [6.07, 6.45) is 0. The molecule has 1 N–H and O–H groups in total. The molecule has 1 unspecified atom stereocenters. The molecule has 0 aliphatic rings. The maximum Gasteiger partial charge on any atom is 0.0763 e. The van der Waals surface area contributed by atoms with Gasteiger partial charge in [-0.2, -0.15) is 0 Å². The van der Waals surface area contributed by atoms with Gasteiger partial charge in [-0.05, 0) is 43.6 Å². The fraction of sp³-hybridized carbons (Fsp3) is 0.231. The number of nitrogens with one attached hydrogen (secondary N) is 1. The Morgan fingerprint density at radius 1 is 1.06 bits per heavy atom. The fourth-order valence-electron chi connectivity index (χ4n) is 1.96. The van der Waals surface area contributed by atoms with Crippen molar-refractivity contribution >= 4 is 43.4 Å². The zero-order valence-corrected chi connectivity index (χ0v) is 12.1. The highest BCUT2D eigenvalue weighted by atomic mass is 32.1. The van der Waals surface area contributed by atoms with E-state index in [9.17, 15) is 0 Å². The molecule has 0 aromatic carbocycles. The third-order valence-corrected chi connectivity index (χ3v) is 6.00. The molecule has 0 saturated carbocycles. The lowest BCUT2D eigenvalue weighted by Gasteiger charge is -2.11. The third-order valence-electron chi connectivity index (χ3n) is 2.78. The molecule has 17 heavy (non-hydrogen) atoms. The topological polar surface area (TPSA) is 12.0 Å². The van der Waals surface area contributed by atoms with Crippen LogP contribution in [0.1, 0.15) is 20.7 Å². The molecule has 0 fully saturated rings. The van der Waals surface area contributed by atoms with Crippen molar-refractivity contribution in [2.45, 2.75) is 13.0 Å². The number of hydrogen-bond acceptors (Lipinski definition) is 4. The fourth-order valence-corrected chi connectivity index (χ4v) is 5.29. The Balaban J connectivity index is 2.03. The van der Waals surface area contributed by atoms with E-state index in [1.807, 2.05) is 41.1 Å². The first-order chi connectivity index (χ1) is 8.28. The minimum atomic E-state index is 0.346. The lowest BCUT2D eigenvalue weighted by molar-refractivity contribution is 0.717. The van der Waals surface area contributed by atoms with E-state index in [1.54, 1.807) is 0 Å². The molecule has 0 spiro atoms. The van der Waals surface area contributed by atoms with Crippen LogP contribution in [0.2, 0.25) is 0 Å². The van der Waals surface area contributed by atoms with Crippen molar-refractivity contribution in [3.05, 3.63) is 44.3 Å². The average Bonchev–Trinajstić information content (AvgIpc) is 2.95. The summed E-state index contributed by atoms with van der Waals surface area (Å²) in [4.78, 5) is 4.19. The SMILES string of the molecule is CNC(c1ccc(C)s1)c1cc2sccc2s1. The summed E-state index contributed by atoms with van der Waals surface area (Å²) in [5.74, 6) is 0. The van der Waals surface area contributed by atoms with Crippen molar-refractivity contribution in [1.29, 1.82) is 0 Å². The molecular weight excluding hydrogens is 266 g/mol. The van der Waals surface area contributed by atoms with E-state index in [1.165, 1.54) is 24.0 Å². The quantitative estimate of drug-likeness (QED) is 0.736. The van der Waals surface area contributed by atoms with E-state index in [0.717, 1.165) is 0 Å². The zero-order valence-electron chi connectivity index (χ0n) is 9.69. The highest BCUT2D eigenvalue weighted by Gasteiger charge is 2.16. The van der Waals surface area contributed by atoms with Crippen LogP contribution in [0.3, 0.4) is 0 Å². The number of aryl methyl sites for hydroxylation is 1. The van der Waals surface area contributed by atoms with Gasteiger partial charge >= 0.3 is 0 Å². The molecule has 0 aliphatic heterocycles. The van der Waals surface area contributed by atoms with E-state index in [0.29, 0.717) is 6.04 Å². The Hall–Kier alpha value is -0.680. The standard InChI is InChI=1S/C13H13NS3/c1-8-3-4-10(16-8)13(14-2)12-7-11-9(17-12)5-6-15-11/h3-7,13-14H,1-2H3. The van der Waals surface area contributed by atoms with Crippen molar-refractivity contribution in [2.75, 3.05) is 7.05 Å². The molecular formula is C13H13NS3. The van der Waals surface area contributed by atoms with E-state index >= 15 is 0 Å². The molecule has 3 aromatic rings. The first-order valence-electron chi connectivity index (χ1n) is 5.48. The smallest absolute Gasteiger partial charge is 0.0763 e. The second-order valence-electron chi connectivity index (χ2n) is 3.97. The van der Waals surface area contributed by atoms with Gasteiger partial charge in [0.15, 0.2) is 0 Å². The van der Waals surface area contributed by atoms with Gasteiger partial charge in [-0.3, -0.25) is 0 Å². The van der Waals surface area contributed by atoms with Crippen LogP contribution in [0.4, 0.5) is 0 Å². The van der Waals surface area contributed by atoms with Gasteiger partial charge < -0.3 is 5.32 Å². The number of hydrogen-bond donors (Lipinski definition) is 1. The zero-order chi connectivity index (χ0) is 11.8. The van der Waals surface area contributed by atoms with Crippen LogP contribution in [0.15, 0.2) is 29.6 Å². The predicted molar refractivity (Wildman–Crippen MR) is 79.7 cm³/mol. The minimum absolute atomic E-state index is 0.346. The first-order valence-corrected chi connectivity index (χ1v) is 8.00. The Bertz CT molecular complexity index is 603. The Morgan fingerprint density at radius 2 is 1.94 bits per heavy atom. The summed E-state index contributed by atoms with van der Waals surface area (Å²) in [5.41, 5.74) is 0. The molecule has 1 atom stereocenters. The van der Waals surface area contributed by atoms with Gasteiger partial charge in [0.25, 0.3) is 0 Å². The Labute approximate surface area is 113 Å². The van der Waals surface area contributed by atoms with E-state index in [-0.39, 0.29) is 0 Å². The molecule has 3 heterocycles. The van der Waals surface area contributed by atoms with Crippen LogP contribution in [-0.4, -0.2) is 7.05 Å². The van der Waals surface area contributed by atoms with Gasteiger partial charge in [-0.15, -0.1) is 34.0 Å². The van der Waals surface area contributed by atoms with Gasteiger partial charge in [0.2, 0.25) is 0 Å². The summed E-state index contributed by atoms with van der Waals surface area (Å²) >= 11 is 5.59. The summed E-state index contributed by atoms with van der Waals surface area (Å²) in [6.45, 7) is 2.16. The van der Waals surface area contributed by atoms with Gasteiger partial charge in [0.1, 0.15) is 0 Å². The molecule has 3 rings (SSSR count). The molecule has 0 saturated heterocycles. The molecule has 0 aliphatic carbocycles. The Kier molecular flexibility index (Phi) is 3.04. The van der Waals surface area contributed by atoms with Crippen LogP contribution in [0, 0.1) is 6.92 Å². The third kappa shape index (κ3) is 2.06. The predicted octanol–water partition coefficient (Wildman–Crippen LogP) is 4.64. The van der Waals surface area contributed by atoms with E-state index < -0.39 is 0 Å². The van der Waals surface area contributed by atoms with Crippen LogP contribution in [-0.2, 0) is 0 Å². The summed E-state index contributed by atoms with van der Waals surface area (Å²) in [7, 11) is 2.04. The molecule has 0 radical (unpaired) electrons. The Morgan fingerprint density at radius 3 is 2.59 bits per heavy atom. The summed E-state index contributed by atoms with van der Waals surface area (Å²) in [5, 5.41) is 5.59. The number of thiophene rings is 3. The largest absolute Gasteiger partial charge is 0.308 e. The normalized spacial score (nSPS) is 13.3. The second-order valence-corrected chi connectivity index (χ2v) is 7.35. The second kappa shape index (κ2) is 4.53. The van der Waals surface area contributed by atoms with Gasteiger partial charge in [0.05, 0.1) is 6.04 Å². The maximum atomic E-state index is 3.42. The lowest BCUT2D eigenvalue weighted by Crippen LogP contribution is -2.14. The van der Waals surface area contributed by atoms with Crippen LogP contribution in [0.25, 0.3) is 9.40 Å². The molecule has 0 bridgehead atoms. The minimum Gasteiger partial charge on any atom is -0.308 e. The average molecular weight is 279 g/mol. The number of rotatable bonds is 3. The van der Waals surface area contributed by atoms with Crippen molar-refractivity contribution in [2.24, 2.45) is 0 Å². The van der Waals surface area contributed by atoms with Crippen molar-refractivity contribution < 1.29 is 0 Å². The van der Waals surface area contributed by atoms with E-state index in [2.05, 4.69) is 41.9 Å². The van der Waals surface area contributed by atoms with Crippen LogP contribution >= 0.6 is 34.0 Å². The van der Waals surface area contributed by atoms with Gasteiger partial charge in [-0.25, -0.2) is 0 Å². The van der Waals surface area contributed by atoms with Crippen molar-refractivity contribution in [3.8, 4) is 0 Å². The van der Waals surface area contributed by atoms with Crippen LogP contribution in [0.5, 0.6) is 0 Å². The molecule has 0 amide bonds. The monoisotopic (exact) mass is 279 g/mol. The lowest BCUT2D eigenvalue weighted by atomic mass is 10.2. The van der Waals surface area contributed by atoms with Gasteiger partial charge in [0, 0.05) is 24.0 Å². The van der Waals surface area contributed by atoms with E-state index in [4.69, 9.17) is 0 Å². The molecule has 4 heteroatoms. The summed E-state index contributed by atoms with van der Waals surface area (Å²) in [6, 6.07) is 9.30. The first kappa shape index (κ1) is 11.4. The van der Waals surface area contributed by atoms with Crippen molar-refractivity contribution in [3.63, 3.8) is 0 Å².